The number of halogens is 1. The van der Waals surface area contributed by atoms with Crippen LogP contribution in [0.5, 0.6) is 5.75 Å². The second-order valence-electron chi connectivity index (χ2n) is 5.39. The van der Waals surface area contributed by atoms with E-state index in [0.29, 0.717) is 21.6 Å². The number of methoxy groups -OCH3 is 1. The van der Waals surface area contributed by atoms with Gasteiger partial charge in [0.2, 0.25) is 5.91 Å². The third kappa shape index (κ3) is 4.17. The Morgan fingerprint density at radius 2 is 2.00 bits per heavy atom. The Hall–Kier alpha value is -2.51. The molecule has 0 aliphatic rings. The molecule has 0 spiro atoms. The summed E-state index contributed by atoms with van der Waals surface area (Å²) in [5.41, 5.74) is 1.57. The van der Waals surface area contributed by atoms with Gasteiger partial charge in [0, 0.05) is 11.4 Å². The molecule has 3 aromatic rings. The second kappa shape index (κ2) is 8.25. The van der Waals surface area contributed by atoms with E-state index in [1.165, 1.54) is 11.8 Å². The molecular formula is C18H17ClN4O2S. The van der Waals surface area contributed by atoms with Gasteiger partial charge in [0.05, 0.1) is 17.9 Å². The van der Waals surface area contributed by atoms with Gasteiger partial charge in [-0.3, -0.25) is 9.36 Å². The number of thioether (sulfide) groups is 1. The first kappa shape index (κ1) is 18.3. The normalized spacial score (nSPS) is 10.6. The number of nitrogens with one attached hydrogen (secondary N) is 1. The topological polar surface area (TPSA) is 69.0 Å². The Labute approximate surface area is 160 Å². The van der Waals surface area contributed by atoms with Crippen LogP contribution in [-0.2, 0) is 4.79 Å². The summed E-state index contributed by atoms with van der Waals surface area (Å²) in [6.45, 7) is 1.88. The van der Waals surface area contributed by atoms with Gasteiger partial charge >= 0.3 is 0 Å². The van der Waals surface area contributed by atoms with Crippen molar-refractivity contribution >= 4 is 35.0 Å². The molecule has 26 heavy (non-hydrogen) atoms. The van der Waals surface area contributed by atoms with Crippen molar-refractivity contribution < 1.29 is 9.53 Å². The molecule has 1 heterocycles. The summed E-state index contributed by atoms with van der Waals surface area (Å²) in [6.07, 6.45) is 0. The number of nitrogens with zero attached hydrogens (tertiary/aromatic N) is 3. The van der Waals surface area contributed by atoms with Gasteiger partial charge in [0.25, 0.3) is 0 Å². The van der Waals surface area contributed by atoms with Gasteiger partial charge in [0.1, 0.15) is 11.6 Å². The molecule has 0 saturated heterocycles. The fraction of sp³-hybridized carbons (Fsp3) is 0.167. The van der Waals surface area contributed by atoms with Gasteiger partial charge in [-0.05, 0) is 37.3 Å². The molecule has 1 amide bonds. The van der Waals surface area contributed by atoms with E-state index in [1.807, 2.05) is 41.8 Å². The van der Waals surface area contributed by atoms with Crippen molar-refractivity contribution in [2.45, 2.75) is 12.1 Å². The molecule has 0 aliphatic carbocycles. The fourth-order valence-electron chi connectivity index (χ4n) is 2.38. The molecule has 0 radical (unpaired) electrons. The number of para-hydroxylation sites is 1. The second-order valence-corrected chi connectivity index (χ2v) is 6.74. The third-order valence-electron chi connectivity index (χ3n) is 3.58. The molecule has 1 N–H and O–H groups in total. The first-order valence-electron chi connectivity index (χ1n) is 7.82. The maximum atomic E-state index is 12.2. The number of ether oxygens (including phenoxy) is 1. The molecule has 3 rings (SSSR count). The van der Waals surface area contributed by atoms with Crippen LogP contribution in [-0.4, -0.2) is 33.5 Å². The van der Waals surface area contributed by atoms with Crippen molar-refractivity contribution in [1.82, 2.24) is 14.8 Å². The van der Waals surface area contributed by atoms with Gasteiger partial charge < -0.3 is 10.1 Å². The summed E-state index contributed by atoms with van der Waals surface area (Å²) in [5, 5.41) is 12.2. The van der Waals surface area contributed by atoms with Crippen LogP contribution < -0.4 is 10.1 Å². The fourth-order valence-corrected chi connectivity index (χ4v) is 3.44. The zero-order valence-electron chi connectivity index (χ0n) is 14.3. The van der Waals surface area contributed by atoms with E-state index in [9.17, 15) is 4.79 Å². The predicted molar refractivity (Wildman–Crippen MR) is 103 cm³/mol. The van der Waals surface area contributed by atoms with Crippen LogP contribution in [0.25, 0.3) is 5.69 Å². The summed E-state index contributed by atoms with van der Waals surface area (Å²) in [4.78, 5) is 12.2. The number of amides is 1. The van der Waals surface area contributed by atoms with E-state index in [-0.39, 0.29) is 11.7 Å². The van der Waals surface area contributed by atoms with Crippen molar-refractivity contribution in [3.8, 4) is 11.4 Å². The minimum absolute atomic E-state index is 0.156. The van der Waals surface area contributed by atoms with Gasteiger partial charge in [-0.25, -0.2) is 0 Å². The summed E-state index contributed by atoms with van der Waals surface area (Å²) < 4.78 is 7.02. The van der Waals surface area contributed by atoms with E-state index in [2.05, 4.69) is 15.5 Å². The lowest BCUT2D eigenvalue weighted by Gasteiger charge is -2.09. The van der Waals surface area contributed by atoms with Crippen LogP contribution in [0.15, 0.2) is 53.7 Å². The zero-order chi connectivity index (χ0) is 18.5. The molecule has 134 valence electrons. The summed E-state index contributed by atoms with van der Waals surface area (Å²) >= 11 is 7.40. The largest absolute Gasteiger partial charge is 0.495 e. The Morgan fingerprint density at radius 1 is 1.23 bits per heavy atom. The maximum Gasteiger partial charge on any atom is 0.234 e. The van der Waals surface area contributed by atoms with Gasteiger partial charge in [0.15, 0.2) is 5.16 Å². The monoisotopic (exact) mass is 388 g/mol. The van der Waals surface area contributed by atoms with Crippen LogP contribution >= 0.6 is 23.4 Å². The highest BCUT2D eigenvalue weighted by atomic mass is 35.5. The van der Waals surface area contributed by atoms with Crippen LogP contribution in [0.2, 0.25) is 5.02 Å². The number of anilines is 1. The lowest BCUT2D eigenvalue weighted by molar-refractivity contribution is -0.113. The van der Waals surface area contributed by atoms with E-state index in [0.717, 1.165) is 11.5 Å². The van der Waals surface area contributed by atoms with Gasteiger partial charge in [-0.2, -0.15) is 0 Å². The average molecular weight is 389 g/mol. The number of carbonyl (C=O) groups is 1. The minimum atomic E-state index is -0.156. The lowest BCUT2D eigenvalue weighted by atomic mass is 10.3. The molecule has 1 aromatic heterocycles. The standard InChI is InChI=1S/C18H17ClN4O2S/c1-12-21-22-18(23(12)14-6-4-3-5-7-14)26-11-17(24)20-13-8-9-16(25-2)15(19)10-13/h3-10H,11H2,1-2H3,(H,20,24). The molecule has 0 atom stereocenters. The van der Waals surface area contributed by atoms with Gasteiger partial charge in [-0.15, -0.1) is 10.2 Å². The van der Waals surface area contributed by atoms with E-state index in [1.54, 1.807) is 25.3 Å². The SMILES string of the molecule is COc1ccc(NC(=O)CSc2nnc(C)n2-c2ccccc2)cc1Cl. The number of hydrogen-bond acceptors (Lipinski definition) is 5. The predicted octanol–water partition coefficient (Wildman–Crippen LogP) is 3.97. The number of aromatic nitrogens is 3. The number of benzene rings is 2. The Morgan fingerprint density at radius 3 is 2.69 bits per heavy atom. The highest BCUT2D eigenvalue weighted by molar-refractivity contribution is 7.99. The molecule has 0 saturated carbocycles. The first-order valence-corrected chi connectivity index (χ1v) is 9.18. The zero-order valence-corrected chi connectivity index (χ0v) is 15.8. The number of aryl methyl sites for hydroxylation is 1. The van der Waals surface area contributed by atoms with Crippen molar-refractivity contribution in [3.05, 3.63) is 59.4 Å². The van der Waals surface area contributed by atoms with Crippen molar-refractivity contribution in [1.29, 1.82) is 0 Å². The number of carbonyl (C=O) groups excluding carboxylic acids is 1. The molecule has 0 aliphatic heterocycles. The Balaban J connectivity index is 1.66. The van der Waals surface area contributed by atoms with E-state index < -0.39 is 0 Å². The number of hydrogen-bond donors (Lipinski definition) is 1. The Bertz CT molecular complexity index is 915. The third-order valence-corrected chi connectivity index (χ3v) is 4.80. The van der Waals surface area contributed by atoms with E-state index >= 15 is 0 Å². The van der Waals surface area contributed by atoms with Crippen LogP contribution in [0, 0.1) is 6.92 Å². The molecule has 0 fully saturated rings. The van der Waals surface area contributed by atoms with Crippen LogP contribution in [0.4, 0.5) is 5.69 Å². The van der Waals surface area contributed by atoms with Crippen molar-refractivity contribution in [2.24, 2.45) is 0 Å². The smallest absolute Gasteiger partial charge is 0.234 e. The molecule has 8 heteroatoms. The quantitative estimate of drug-likeness (QED) is 0.647. The molecule has 2 aromatic carbocycles. The van der Waals surface area contributed by atoms with Crippen molar-refractivity contribution in [3.63, 3.8) is 0 Å². The summed E-state index contributed by atoms with van der Waals surface area (Å²) in [7, 11) is 1.54. The highest BCUT2D eigenvalue weighted by Gasteiger charge is 2.13. The molecule has 6 nitrogen and oxygen atoms in total. The molecular weight excluding hydrogens is 372 g/mol. The van der Waals surface area contributed by atoms with Crippen molar-refractivity contribution in [2.75, 3.05) is 18.2 Å². The Kier molecular flexibility index (Phi) is 5.80. The average Bonchev–Trinajstić information content (AvgIpc) is 3.01. The molecule has 0 unspecified atom stereocenters. The first-order chi connectivity index (χ1) is 12.6. The van der Waals surface area contributed by atoms with Gasteiger partial charge in [-0.1, -0.05) is 41.6 Å². The summed E-state index contributed by atoms with van der Waals surface area (Å²) in [5.74, 6) is 1.37. The summed E-state index contributed by atoms with van der Waals surface area (Å²) in [6, 6.07) is 14.9. The van der Waals surface area contributed by atoms with Crippen LogP contribution in [0.1, 0.15) is 5.82 Å². The minimum Gasteiger partial charge on any atom is -0.495 e. The van der Waals surface area contributed by atoms with E-state index in [4.69, 9.17) is 16.3 Å². The number of rotatable bonds is 6. The molecule has 0 bridgehead atoms. The maximum absolute atomic E-state index is 12.2. The lowest BCUT2D eigenvalue weighted by Crippen LogP contribution is -2.14. The highest BCUT2D eigenvalue weighted by Crippen LogP contribution is 2.27. The van der Waals surface area contributed by atoms with Crippen LogP contribution in [0.3, 0.4) is 0 Å².